The van der Waals surface area contributed by atoms with Gasteiger partial charge in [0.2, 0.25) is 0 Å². The van der Waals surface area contributed by atoms with Crippen molar-refractivity contribution < 1.29 is 0 Å². The largest absolute Gasteiger partial charge is 0.259 e. The second-order valence-corrected chi connectivity index (χ2v) is 7.16. The molecule has 0 saturated carbocycles. The van der Waals surface area contributed by atoms with Crippen molar-refractivity contribution in [2.24, 2.45) is 10.2 Å². The normalized spacial score (nSPS) is 11.4. The quantitative estimate of drug-likeness (QED) is 0.295. The van der Waals surface area contributed by atoms with E-state index in [1.807, 2.05) is 72.8 Å². The first-order chi connectivity index (χ1) is 14.7. The number of hydrogen-bond acceptors (Lipinski definition) is 6. The van der Waals surface area contributed by atoms with Gasteiger partial charge in [0, 0.05) is 20.8 Å². The van der Waals surface area contributed by atoms with Crippen molar-refractivity contribution in [2.75, 3.05) is 10.9 Å². The second kappa shape index (κ2) is 9.35. The lowest BCUT2D eigenvalue weighted by atomic mass is 10.2. The van der Waals surface area contributed by atoms with E-state index in [0.29, 0.717) is 21.7 Å². The van der Waals surface area contributed by atoms with E-state index in [2.05, 4.69) is 31.3 Å². The SMILES string of the molecule is Clc1ccc(/C=N\Nc2nnc(N/N=C\c3ccc(Cl)cc3)c3ccccc23)cc1. The number of benzene rings is 3. The Morgan fingerprint density at radius 2 is 1.00 bits per heavy atom. The van der Waals surface area contributed by atoms with E-state index in [-0.39, 0.29) is 0 Å². The highest BCUT2D eigenvalue weighted by Crippen LogP contribution is 2.26. The minimum absolute atomic E-state index is 0.544. The predicted octanol–water partition coefficient (Wildman–Crippen LogP) is 5.83. The first-order valence-corrected chi connectivity index (χ1v) is 9.79. The van der Waals surface area contributed by atoms with E-state index in [1.54, 1.807) is 12.4 Å². The summed E-state index contributed by atoms with van der Waals surface area (Å²) in [6.45, 7) is 0. The average Bonchev–Trinajstić information content (AvgIpc) is 2.77. The number of hydrazone groups is 2. The summed E-state index contributed by atoms with van der Waals surface area (Å²) < 4.78 is 0. The molecule has 148 valence electrons. The smallest absolute Gasteiger partial charge is 0.176 e. The molecule has 0 saturated heterocycles. The fourth-order valence-corrected chi connectivity index (χ4v) is 2.95. The van der Waals surface area contributed by atoms with Crippen molar-refractivity contribution in [3.8, 4) is 0 Å². The molecule has 0 aliphatic heterocycles. The van der Waals surface area contributed by atoms with Crippen LogP contribution in [0.3, 0.4) is 0 Å². The maximum atomic E-state index is 5.90. The number of aromatic nitrogens is 2. The summed E-state index contributed by atoms with van der Waals surface area (Å²) in [5, 5.41) is 20.1. The molecule has 0 bridgehead atoms. The number of nitrogens with zero attached hydrogens (tertiary/aromatic N) is 4. The molecule has 0 aliphatic rings. The van der Waals surface area contributed by atoms with Crippen molar-refractivity contribution >= 4 is 58.0 Å². The average molecular weight is 435 g/mol. The van der Waals surface area contributed by atoms with Gasteiger partial charge in [-0.05, 0) is 35.4 Å². The van der Waals surface area contributed by atoms with Crippen molar-refractivity contribution in [3.63, 3.8) is 0 Å². The highest BCUT2D eigenvalue weighted by molar-refractivity contribution is 6.30. The Morgan fingerprint density at radius 1 is 0.600 bits per heavy atom. The molecule has 0 unspecified atom stereocenters. The van der Waals surface area contributed by atoms with Crippen LogP contribution >= 0.6 is 23.2 Å². The Hall–Kier alpha value is -3.48. The van der Waals surface area contributed by atoms with Crippen molar-refractivity contribution in [3.05, 3.63) is 94.0 Å². The molecule has 4 aromatic rings. The highest BCUT2D eigenvalue weighted by Gasteiger charge is 2.07. The maximum Gasteiger partial charge on any atom is 0.176 e. The fraction of sp³-hybridized carbons (Fsp3) is 0. The van der Waals surface area contributed by atoms with Crippen LogP contribution in [0.1, 0.15) is 11.1 Å². The van der Waals surface area contributed by atoms with Gasteiger partial charge in [-0.3, -0.25) is 10.9 Å². The van der Waals surface area contributed by atoms with Crippen LogP contribution in [0.15, 0.2) is 83.0 Å². The zero-order valence-corrected chi connectivity index (χ0v) is 17.1. The Balaban J connectivity index is 1.52. The molecule has 0 amide bonds. The lowest BCUT2D eigenvalue weighted by Gasteiger charge is -2.08. The second-order valence-electron chi connectivity index (χ2n) is 6.29. The summed E-state index contributed by atoms with van der Waals surface area (Å²) in [5.41, 5.74) is 7.73. The number of anilines is 2. The van der Waals surface area contributed by atoms with Gasteiger partial charge in [0.15, 0.2) is 11.6 Å². The standard InChI is InChI=1S/C22H16Cl2N6/c23-17-9-5-15(6-10-17)13-25-27-21-19-3-1-2-4-20(19)22(30-29-21)28-26-14-16-7-11-18(24)12-8-16/h1-14H,(H,27,29)(H,28,30)/b25-13-,26-14-. The van der Waals surface area contributed by atoms with E-state index in [4.69, 9.17) is 23.2 Å². The zero-order valence-electron chi connectivity index (χ0n) is 15.6. The minimum Gasteiger partial charge on any atom is -0.259 e. The first-order valence-electron chi connectivity index (χ1n) is 9.04. The molecule has 0 spiro atoms. The molecule has 8 heteroatoms. The summed E-state index contributed by atoms with van der Waals surface area (Å²) in [6, 6.07) is 22.5. The third-order valence-corrected chi connectivity index (χ3v) is 4.70. The highest BCUT2D eigenvalue weighted by atomic mass is 35.5. The summed E-state index contributed by atoms with van der Waals surface area (Å²) in [6.07, 6.45) is 3.38. The maximum absolute atomic E-state index is 5.90. The van der Waals surface area contributed by atoms with Crippen molar-refractivity contribution in [1.29, 1.82) is 0 Å². The van der Waals surface area contributed by atoms with Gasteiger partial charge in [-0.25, -0.2) is 0 Å². The molecule has 0 aliphatic carbocycles. The van der Waals surface area contributed by atoms with E-state index in [1.165, 1.54) is 0 Å². The molecular formula is C22H16Cl2N6. The number of nitrogens with one attached hydrogen (secondary N) is 2. The molecular weight excluding hydrogens is 419 g/mol. The van der Waals surface area contributed by atoms with Crippen molar-refractivity contribution in [2.45, 2.75) is 0 Å². The minimum atomic E-state index is 0.544. The van der Waals surface area contributed by atoms with Crippen LogP contribution in [-0.2, 0) is 0 Å². The van der Waals surface area contributed by atoms with Gasteiger partial charge in [-0.15, -0.1) is 10.2 Å². The molecule has 1 aromatic heterocycles. The third kappa shape index (κ3) is 4.92. The van der Waals surface area contributed by atoms with Crippen LogP contribution < -0.4 is 10.9 Å². The Morgan fingerprint density at radius 3 is 1.40 bits per heavy atom. The molecule has 6 nitrogen and oxygen atoms in total. The van der Waals surface area contributed by atoms with E-state index >= 15 is 0 Å². The van der Waals surface area contributed by atoms with Crippen LogP contribution in [0.25, 0.3) is 10.8 Å². The number of halogens is 2. The van der Waals surface area contributed by atoms with Gasteiger partial charge in [0.05, 0.1) is 12.4 Å². The van der Waals surface area contributed by atoms with Gasteiger partial charge in [-0.1, -0.05) is 71.7 Å². The van der Waals surface area contributed by atoms with Crippen LogP contribution in [-0.4, -0.2) is 22.6 Å². The number of rotatable bonds is 6. The molecule has 4 rings (SSSR count). The monoisotopic (exact) mass is 434 g/mol. The molecule has 1 heterocycles. The lowest BCUT2D eigenvalue weighted by Crippen LogP contribution is -2.01. The summed E-state index contributed by atoms with van der Waals surface area (Å²) in [7, 11) is 0. The third-order valence-electron chi connectivity index (χ3n) is 4.20. The van der Waals surface area contributed by atoms with E-state index in [9.17, 15) is 0 Å². The number of fused-ring (bicyclic) bond motifs is 1. The van der Waals surface area contributed by atoms with Crippen LogP contribution in [0.5, 0.6) is 0 Å². The predicted molar refractivity (Wildman–Crippen MR) is 125 cm³/mol. The Kier molecular flexibility index (Phi) is 6.17. The Labute approximate surface area is 183 Å². The zero-order chi connectivity index (χ0) is 20.8. The summed E-state index contributed by atoms with van der Waals surface area (Å²) in [4.78, 5) is 0. The summed E-state index contributed by atoms with van der Waals surface area (Å²) in [5.74, 6) is 1.09. The molecule has 0 atom stereocenters. The van der Waals surface area contributed by atoms with E-state index < -0.39 is 0 Å². The van der Waals surface area contributed by atoms with E-state index in [0.717, 1.165) is 21.9 Å². The molecule has 0 radical (unpaired) electrons. The van der Waals surface area contributed by atoms with Gasteiger partial charge in [0.25, 0.3) is 0 Å². The van der Waals surface area contributed by atoms with Crippen molar-refractivity contribution in [1.82, 2.24) is 10.2 Å². The number of hydrogen-bond donors (Lipinski definition) is 2. The van der Waals surface area contributed by atoms with Gasteiger partial charge < -0.3 is 0 Å². The van der Waals surface area contributed by atoms with Crippen LogP contribution in [0.2, 0.25) is 10.0 Å². The molecule has 2 N–H and O–H groups in total. The van der Waals surface area contributed by atoms with Gasteiger partial charge >= 0.3 is 0 Å². The molecule has 30 heavy (non-hydrogen) atoms. The lowest BCUT2D eigenvalue weighted by molar-refractivity contribution is 1.03. The summed E-state index contributed by atoms with van der Waals surface area (Å²) >= 11 is 11.8. The van der Waals surface area contributed by atoms with Crippen LogP contribution in [0.4, 0.5) is 11.6 Å². The first kappa shape index (κ1) is 19.8. The topological polar surface area (TPSA) is 74.6 Å². The van der Waals surface area contributed by atoms with Crippen LogP contribution in [0, 0.1) is 0 Å². The van der Waals surface area contributed by atoms with Gasteiger partial charge in [0.1, 0.15) is 0 Å². The van der Waals surface area contributed by atoms with Gasteiger partial charge in [-0.2, -0.15) is 10.2 Å². The molecule has 0 fully saturated rings. The molecule has 3 aromatic carbocycles. The fourth-order valence-electron chi connectivity index (χ4n) is 2.70. The Bertz CT molecular complexity index is 1110.